The van der Waals surface area contributed by atoms with Gasteiger partial charge in [0.2, 0.25) is 0 Å². The average molecular weight is 226 g/mol. The highest BCUT2D eigenvalue weighted by Crippen LogP contribution is 2.00. The Hall–Kier alpha value is -1.82. The van der Waals surface area contributed by atoms with Crippen LogP contribution in [0.25, 0.3) is 0 Å². The van der Waals surface area contributed by atoms with Crippen molar-refractivity contribution in [3.05, 3.63) is 85.0 Å². The van der Waals surface area contributed by atoms with Crippen LogP contribution in [0.3, 0.4) is 0 Å². The van der Waals surface area contributed by atoms with Crippen LogP contribution in [0.15, 0.2) is 79.4 Å². The highest BCUT2D eigenvalue weighted by atomic mass is 13.9. The van der Waals surface area contributed by atoms with Crippen molar-refractivity contribution in [1.82, 2.24) is 0 Å². The molecule has 0 heterocycles. The second-order valence-corrected chi connectivity index (χ2v) is 3.57. The fraction of sp³-hybridized carbons (Fsp3) is 0.176. The molecular weight excluding hydrogens is 204 g/mol. The van der Waals surface area contributed by atoms with Gasteiger partial charge in [-0.15, -0.1) is 0 Å². The quantitative estimate of drug-likeness (QED) is 0.615. The van der Waals surface area contributed by atoms with E-state index in [9.17, 15) is 0 Å². The molecule has 0 aliphatic heterocycles. The van der Waals surface area contributed by atoms with E-state index in [1.165, 1.54) is 11.1 Å². The topological polar surface area (TPSA) is 0 Å². The minimum absolute atomic E-state index is 1.03. The summed E-state index contributed by atoms with van der Waals surface area (Å²) < 4.78 is 0. The average Bonchev–Trinajstić information content (AvgIpc) is 2.37. The summed E-state index contributed by atoms with van der Waals surface area (Å²) in [6, 6.07) is 10.3. The third-order valence-electron chi connectivity index (χ3n) is 2.17. The van der Waals surface area contributed by atoms with Crippen molar-refractivity contribution in [3.8, 4) is 0 Å². The van der Waals surface area contributed by atoms with Gasteiger partial charge in [0.25, 0.3) is 0 Å². The SMILES string of the molecule is C=C/C=C\C=C(/C=C)CC.Cc1ccccc1. The predicted octanol–water partition coefficient (Wildman–Crippen LogP) is 5.25. The largest absolute Gasteiger partial charge is 0.0991 e. The van der Waals surface area contributed by atoms with E-state index < -0.39 is 0 Å². The Morgan fingerprint density at radius 2 is 1.76 bits per heavy atom. The summed E-state index contributed by atoms with van der Waals surface area (Å²) in [5.74, 6) is 0. The van der Waals surface area contributed by atoms with Crippen molar-refractivity contribution in [2.24, 2.45) is 0 Å². The fourth-order valence-corrected chi connectivity index (χ4v) is 1.12. The Morgan fingerprint density at radius 1 is 1.12 bits per heavy atom. The molecule has 0 fully saturated rings. The summed E-state index contributed by atoms with van der Waals surface area (Å²) in [4.78, 5) is 0. The Labute approximate surface area is 106 Å². The van der Waals surface area contributed by atoms with E-state index in [0.29, 0.717) is 0 Å². The zero-order chi connectivity index (χ0) is 12.9. The van der Waals surface area contributed by atoms with Crippen LogP contribution < -0.4 is 0 Å². The molecule has 0 atom stereocenters. The minimum atomic E-state index is 1.03. The first kappa shape index (κ1) is 15.2. The molecule has 0 spiro atoms. The van der Waals surface area contributed by atoms with E-state index in [2.05, 4.69) is 39.1 Å². The molecule has 0 amide bonds. The number of benzene rings is 1. The van der Waals surface area contributed by atoms with Gasteiger partial charge in [-0.05, 0) is 18.9 Å². The summed E-state index contributed by atoms with van der Waals surface area (Å²) >= 11 is 0. The van der Waals surface area contributed by atoms with Gasteiger partial charge in [0.05, 0.1) is 0 Å². The van der Waals surface area contributed by atoms with Gasteiger partial charge >= 0.3 is 0 Å². The lowest BCUT2D eigenvalue weighted by atomic mass is 10.2. The summed E-state index contributed by atoms with van der Waals surface area (Å²) in [5, 5.41) is 0. The first-order valence-electron chi connectivity index (χ1n) is 5.87. The lowest BCUT2D eigenvalue weighted by Gasteiger charge is -1.89. The zero-order valence-corrected chi connectivity index (χ0v) is 10.9. The van der Waals surface area contributed by atoms with Gasteiger partial charge in [0.15, 0.2) is 0 Å². The molecule has 0 N–H and O–H groups in total. The van der Waals surface area contributed by atoms with Crippen molar-refractivity contribution >= 4 is 0 Å². The third-order valence-corrected chi connectivity index (χ3v) is 2.17. The number of hydrogen-bond acceptors (Lipinski definition) is 0. The van der Waals surface area contributed by atoms with Crippen LogP contribution in [-0.2, 0) is 0 Å². The summed E-state index contributed by atoms with van der Waals surface area (Å²) in [6.07, 6.45) is 10.6. The van der Waals surface area contributed by atoms with Crippen molar-refractivity contribution in [2.45, 2.75) is 20.3 Å². The van der Waals surface area contributed by atoms with E-state index in [1.807, 2.05) is 42.5 Å². The molecule has 0 nitrogen and oxygen atoms in total. The van der Waals surface area contributed by atoms with Crippen LogP contribution in [-0.4, -0.2) is 0 Å². The summed E-state index contributed by atoms with van der Waals surface area (Å²) in [6.45, 7) is 11.4. The molecule has 0 heteroatoms. The first-order valence-corrected chi connectivity index (χ1v) is 5.87. The smallest absolute Gasteiger partial charge is 0.0308 e. The molecule has 0 radical (unpaired) electrons. The monoisotopic (exact) mass is 226 g/mol. The molecule has 1 aromatic rings. The van der Waals surface area contributed by atoms with E-state index >= 15 is 0 Å². The van der Waals surface area contributed by atoms with Gasteiger partial charge in [-0.1, -0.05) is 86.4 Å². The van der Waals surface area contributed by atoms with Gasteiger partial charge in [0, 0.05) is 0 Å². The van der Waals surface area contributed by atoms with Crippen molar-refractivity contribution in [2.75, 3.05) is 0 Å². The Bertz CT molecular complexity index is 366. The molecule has 1 rings (SSSR count). The standard InChI is InChI=1S/C10H14.C7H8/c1-4-7-8-9-10(5-2)6-3;1-7-5-3-2-4-6-7/h4-5,7-9H,1-2,6H2,3H3;2-6H,1H3/b8-7-,10-9+;. The molecule has 0 saturated carbocycles. The van der Waals surface area contributed by atoms with Crippen molar-refractivity contribution in [1.29, 1.82) is 0 Å². The number of rotatable bonds is 4. The van der Waals surface area contributed by atoms with Gasteiger partial charge in [-0.25, -0.2) is 0 Å². The number of hydrogen-bond donors (Lipinski definition) is 0. The maximum atomic E-state index is 3.68. The maximum Gasteiger partial charge on any atom is -0.0308 e. The normalized spacial score (nSPS) is 10.6. The van der Waals surface area contributed by atoms with E-state index in [-0.39, 0.29) is 0 Å². The molecule has 0 aliphatic rings. The lowest BCUT2D eigenvalue weighted by molar-refractivity contribution is 1.15. The fourth-order valence-electron chi connectivity index (χ4n) is 1.12. The lowest BCUT2D eigenvalue weighted by Crippen LogP contribution is -1.69. The van der Waals surface area contributed by atoms with Crippen LogP contribution in [0.4, 0.5) is 0 Å². The molecule has 0 saturated heterocycles. The van der Waals surface area contributed by atoms with Gasteiger partial charge in [-0.3, -0.25) is 0 Å². The summed E-state index contributed by atoms with van der Waals surface area (Å²) in [5.41, 5.74) is 2.57. The third kappa shape index (κ3) is 9.13. The Balaban J connectivity index is 0.000000318. The molecule has 90 valence electrons. The molecular formula is C17H22. The second kappa shape index (κ2) is 10.7. The molecule has 0 aromatic heterocycles. The van der Waals surface area contributed by atoms with E-state index in [4.69, 9.17) is 0 Å². The van der Waals surface area contributed by atoms with Crippen LogP contribution in [0.1, 0.15) is 18.9 Å². The predicted molar refractivity (Wildman–Crippen MR) is 79.1 cm³/mol. The van der Waals surface area contributed by atoms with Crippen molar-refractivity contribution in [3.63, 3.8) is 0 Å². The number of allylic oxidation sites excluding steroid dienone is 6. The highest BCUT2D eigenvalue weighted by Gasteiger charge is 1.80. The Kier molecular flexibility index (Phi) is 9.55. The Morgan fingerprint density at radius 3 is 2.12 bits per heavy atom. The van der Waals surface area contributed by atoms with Crippen LogP contribution >= 0.6 is 0 Å². The molecule has 1 aromatic carbocycles. The number of aryl methyl sites for hydroxylation is 1. The second-order valence-electron chi connectivity index (χ2n) is 3.57. The maximum absolute atomic E-state index is 3.68. The van der Waals surface area contributed by atoms with Crippen LogP contribution in [0.5, 0.6) is 0 Å². The van der Waals surface area contributed by atoms with Crippen molar-refractivity contribution < 1.29 is 0 Å². The zero-order valence-electron chi connectivity index (χ0n) is 10.9. The molecule has 0 unspecified atom stereocenters. The summed E-state index contributed by atoms with van der Waals surface area (Å²) in [7, 11) is 0. The molecule has 0 aliphatic carbocycles. The van der Waals surface area contributed by atoms with Gasteiger partial charge in [0.1, 0.15) is 0 Å². The van der Waals surface area contributed by atoms with Gasteiger partial charge < -0.3 is 0 Å². The van der Waals surface area contributed by atoms with E-state index in [1.54, 1.807) is 6.08 Å². The van der Waals surface area contributed by atoms with Crippen LogP contribution in [0.2, 0.25) is 0 Å². The molecule has 17 heavy (non-hydrogen) atoms. The van der Waals surface area contributed by atoms with Crippen LogP contribution in [0, 0.1) is 6.92 Å². The van der Waals surface area contributed by atoms with E-state index in [0.717, 1.165) is 6.42 Å². The highest BCUT2D eigenvalue weighted by molar-refractivity contribution is 5.22. The van der Waals surface area contributed by atoms with Gasteiger partial charge in [-0.2, -0.15) is 0 Å². The minimum Gasteiger partial charge on any atom is -0.0991 e. The molecule has 0 bridgehead atoms. The first-order chi connectivity index (χ1) is 8.24.